The van der Waals surface area contributed by atoms with Crippen molar-refractivity contribution in [3.05, 3.63) is 217 Å². The molecule has 4 aliphatic carbocycles. The van der Waals surface area contributed by atoms with Crippen LogP contribution in [0.2, 0.25) is 0 Å². The Morgan fingerprint density at radius 3 is 1.01 bits per heavy atom. The van der Waals surface area contributed by atoms with E-state index in [4.69, 9.17) is 18.9 Å². The van der Waals surface area contributed by atoms with E-state index in [0.29, 0.717) is 25.7 Å². The second kappa shape index (κ2) is 33.1. The van der Waals surface area contributed by atoms with Crippen LogP contribution in [0.3, 0.4) is 0 Å². The first-order chi connectivity index (χ1) is 53.5. The van der Waals surface area contributed by atoms with Gasteiger partial charge in [0.15, 0.2) is 0 Å². The quantitative estimate of drug-likeness (QED) is 0.0275. The number of carbonyl (C=O) groups is 8. The molecule has 6 aliphatic rings. The van der Waals surface area contributed by atoms with Crippen molar-refractivity contribution in [1.82, 2.24) is 40.5 Å². The molecule has 2 saturated heterocycles. The lowest BCUT2D eigenvalue weighted by Gasteiger charge is -2.36. The van der Waals surface area contributed by atoms with Gasteiger partial charge in [0.25, 0.3) is 11.8 Å². The van der Waals surface area contributed by atoms with Gasteiger partial charge >= 0.3 is 12.2 Å². The van der Waals surface area contributed by atoms with E-state index in [9.17, 15) is 55.2 Å². The van der Waals surface area contributed by atoms with Crippen LogP contribution < -0.4 is 30.7 Å². The van der Waals surface area contributed by atoms with Gasteiger partial charge in [-0.15, -0.1) is 13.2 Å². The van der Waals surface area contributed by atoms with Crippen LogP contribution in [0.25, 0.3) is 22.3 Å². The molecule has 0 radical (unpaired) electrons. The number of alkyl carbamates (subject to hydrolysis) is 2. The van der Waals surface area contributed by atoms with Gasteiger partial charge in [-0.1, -0.05) is 224 Å². The second-order valence-corrected chi connectivity index (χ2v) is 39.0. The summed E-state index contributed by atoms with van der Waals surface area (Å²) in [6.45, 7) is 28.9. The standard InChI is InChI=1S/2C44H54N4O8S/c2*1-8-32-25-44(32,39(51)47-57(53,54)34-23-24-34)46-37(49)35-26-43(55-27-29-15-11-9-12-16-29,33-21-19-31(20-22-33)30-17-13-10-14-18-30)28-48(35)38(50)36(41(2,3)4)45-40(52)56-42(5,6)7/h2*8-22,32,34-36H,1,23-28H2,2-7H3,(H,45,52)(H,46,49)(H,47,51)/t32-,35+,36-,43+,44-;32-,35-,36-,43+,44-/m11/s1. The Morgan fingerprint density at radius 1 is 0.439 bits per heavy atom. The number of rotatable bonds is 26. The van der Waals surface area contributed by atoms with Crippen LogP contribution in [0, 0.1) is 22.7 Å². The van der Waals surface area contributed by atoms with Crippen molar-refractivity contribution in [2.75, 3.05) is 13.1 Å². The number of nitrogens with zero attached hydrogens (tertiary/aromatic N) is 2. The number of nitrogens with one attached hydrogen (secondary N) is 6. The van der Waals surface area contributed by atoms with Gasteiger partial charge in [0, 0.05) is 24.7 Å². The van der Waals surface area contributed by atoms with E-state index in [1.807, 2.05) is 170 Å². The summed E-state index contributed by atoms with van der Waals surface area (Å²) in [5.74, 6) is -5.19. The Bertz CT molecular complexity index is 4490. The third kappa shape index (κ3) is 20.0. The number of carbonyl (C=O) groups excluding carboxylic acids is 8. The van der Waals surface area contributed by atoms with E-state index < -0.39 is 158 Å². The first-order valence-electron chi connectivity index (χ1n) is 38.8. The van der Waals surface area contributed by atoms with Crippen molar-refractivity contribution < 1.29 is 74.1 Å². The third-order valence-electron chi connectivity index (χ3n) is 21.6. The smallest absolute Gasteiger partial charge is 0.408 e. The first-order valence-corrected chi connectivity index (χ1v) is 41.9. The van der Waals surface area contributed by atoms with Crippen LogP contribution in [0.15, 0.2) is 195 Å². The summed E-state index contributed by atoms with van der Waals surface area (Å²) in [6, 6.07) is 49.8. The van der Waals surface area contributed by atoms with E-state index in [1.54, 1.807) is 83.1 Å². The molecule has 608 valence electrons. The predicted molar refractivity (Wildman–Crippen MR) is 434 cm³/mol. The summed E-state index contributed by atoms with van der Waals surface area (Å²) in [6.07, 6.45) is 3.51. The molecule has 26 heteroatoms. The Kier molecular flexibility index (Phi) is 24.6. The van der Waals surface area contributed by atoms with E-state index in [0.717, 1.165) is 44.5 Å². The van der Waals surface area contributed by atoms with Gasteiger partial charge in [0.05, 0.1) is 36.8 Å². The minimum absolute atomic E-state index is 0.0117. The third-order valence-corrected chi connectivity index (χ3v) is 25.3. The van der Waals surface area contributed by atoms with Gasteiger partial charge in [0.1, 0.15) is 57.6 Å². The molecule has 8 amide bonds. The Hall–Kier alpha value is -10.0. The maximum absolute atomic E-state index is 15.0. The fraction of sp³-hybridized carbons (Fsp3) is 0.455. The second-order valence-electron chi connectivity index (χ2n) is 35.1. The van der Waals surface area contributed by atoms with Gasteiger partial charge in [-0.3, -0.25) is 38.2 Å². The highest BCUT2D eigenvalue weighted by Gasteiger charge is 2.65. The summed E-state index contributed by atoms with van der Waals surface area (Å²) in [4.78, 5) is 116. The molecule has 114 heavy (non-hydrogen) atoms. The highest BCUT2D eigenvalue weighted by molar-refractivity contribution is 7.91. The summed E-state index contributed by atoms with van der Waals surface area (Å²) in [7, 11) is -7.85. The summed E-state index contributed by atoms with van der Waals surface area (Å²) >= 11 is 0. The molecule has 6 aromatic rings. The molecule has 4 saturated carbocycles. The Labute approximate surface area is 669 Å². The van der Waals surface area contributed by atoms with Crippen molar-refractivity contribution in [2.24, 2.45) is 22.7 Å². The zero-order valence-corrected chi connectivity index (χ0v) is 68.7. The van der Waals surface area contributed by atoms with E-state index in [-0.39, 0.29) is 52.0 Å². The lowest BCUT2D eigenvalue weighted by Crippen LogP contribution is -2.60. The van der Waals surface area contributed by atoms with Crippen LogP contribution in [-0.2, 0) is 92.2 Å². The fourth-order valence-corrected chi connectivity index (χ4v) is 17.5. The topological polar surface area (TPSA) is 320 Å². The Morgan fingerprint density at radius 2 is 0.737 bits per heavy atom. The molecule has 0 unspecified atom stereocenters. The molecular formula is C88H108N8O16S2. The van der Waals surface area contributed by atoms with Gasteiger partial charge in [-0.05, 0) is 135 Å². The first kappa shape index (κ1) is 84.9. The summed E-state index contributed by atoms with van der Waals surface area (Å²) in [5, 5.41) is 9.98. The van der Waals surface area contributed by atoms with Crippen molar-refractivity contribution in [3.63, 3.8) is 0 Å². The van der Waals surface area contributed by atoms with Crippen molar-refractivity contribution in [3.8, 4) is 22.3 Å². The predicted octanol–water partition coefficient (Wildman–Crippen LogP) is 12.0. The highest BCUT2D eigenvalue weighted by Crippen LogP contribution is 2.50. The molecule has 12 rings (SSSR count). The molecule has 0 bridgehead atoms. The summed E-state index contributed by atoms with van der Waals surface area (Å²) in [5.41, 5.74) is -1.85. The largest absolute Gasteiger partial charge is 0.444 e. The van der Waals surface area contributed by atoms with Gasteiger partial charge in [-0.2, -0.15) is 0 Å². The van der Waals surface area contributed by atoms with Gasteiger partial charge in [0.2, 0.25) is 43.7 Å². The molecule has 10 atom stereocenters. The average Bonchev–Trinajstić information content (AvgIpc) is 1.57. The molecule has 0 aromatic heterocycles. The maximum atomic E-state index is 15.0. The fourth-order valence-electron chi connectivity index (χ4n) is 14.8. The lowest BCUT2D eigenvalue weighted by molar-refractivity contribution is -0.143. The molecule has 6 N–H and O–H groups in total. The molecule has 2 heterocycles. The number of sulfonamides is 2. The van der Waals surface area contributed by atoms with Crippen LogP contribution in [0.1, 0.15) is 157 Å². The molecular weight excluding hydrogens is 1490 g/mol. The molecule has 2 aliphatic heterocycles. The SMILES string of the molecule is C=C[C@@H]1C[C@]1(NC(=O)[C@@H]1C[C@@](OCc2ccccc2)(c2ccc(-c3ccccc3)cc2)CN1C(=O)[C@@H](NC(=O)OC(C)(C)C)C(C)(C)C)C(=O)NS(=O)(=O)C1CC1.C=C[C@@H]1C[C@]1(NC(=O)[C@H]1C[C@@](OCc2ccccc2)(c2ccc(-c3ccccc3)cc2)CN1C(=O)[C@@H](NC(=O)OC(C)(C)C)C(C)(C)C)C(=O)NS(=O)(=O)C1CC1. The Balaban J connectivity index is 0.000000225. The van der Waals surface area contributed by atoms with Crippen LogP contribution in [-0.4, -0.2) is 144 Å². The van der Waals surface area contributed by atoms with E-state index >= 15 is 0 Å². The van der Waals surface area contributed by atoms with Crippen LogP contribution >= 0.6 is 0 Å². The minimum Gasteiger partial charge on any atom is -0.444 e. The number of hydrogen-bond acceptors (Lipinski definition) is 16. The maximum Gasteiger partial charge on any atom is 0.408 e. The van der Waals surface area contributed by atoms with Crippen molar-refractivity contribution >= 4 is 67.7 Å². The van der Waals surface area contributed by atoms with Crippen molar-refractivity contribution in [1.29, 1.82) is 0 Å². The zero-order valence-electron chi connectivity index (χ0n) is 67.1. The number of likely N-dealkylation sites (tertiary alicyclic amines) is 2. The number of benzene rings is 6. The van der Waals surface area contributed by atoms with Crippen LogP contribution in [0.4, 0.5) is 9.59 Å². The van der Waals surface area contributed by atoms with E-state index in [1.165, 1.54) is 22.0 Å². The number of hydrogen-bond donors (Lipinski definition) is 6. The number of ether oxygens (including phenoxy) is 4. The minimum atomic E-state index is -3.93. The molecule has 6 aromatic carbocycles. The van der Waals surface area contributed by atoms with Gasteiger partial charge < -0.3 is 50.0 Å². The molecule has 0 spiro atoms. The average molecular weight is 1600 g/mol. The van der Waals surface area contributed by atoms with E-state index in [2.05, 4.69) is 43.9 Å². The van der Waals surface area contributed by atoms with Crippen molar-refractivity contribution in [2.45, 2.75) is 216 Å². The highest BCUT2D eigenvalue weighted by atomic mass is 32.2. The molecule has 6 fully saturated rings. The molecule has 24 nitrogen and oxygen atoms in total. The number of amides is 8. The summed E-state index contributed by atoms with van der Waals surface area (Å²) < 4.78 is 80.7. The van der Waals surface area contributed by atoms with Gasteiger partial charge in [-0.25, -0.2) is 26.4 Å². The zero-order chi connectivity index (χ0) is 82.8. The monoisotopic (exact) mass is 1600 g/mol. The lowest BCUT2D eigenvalue weighted by atomic mass is 9.85. The normalized spacial score (nSPS) is 23.9. The van der Waals surface area contributed by atoms with Crippen LogP contribution in [0.5, 0.6) is 0 Å².